The van der Waals surface area contributed by atoms with Crippen LogP contribution in [0.25, 0.3) is 20.8 Å². The molecule has 3 aromatic rings. The number of rotatable bonds is 3. The van der Waals surface area contributed by atoms with Gasteiger partial charge in [-0.3, -0.25) is 9.59 Å². The molecular weight excluding hydrogens is 386 g/mol. The summed E-state index contributed by atoms with van der Waals surface area (Å²) < 4.78 is 0.986. The van der Waals surface area contributed by atoms with Gasteiger partial charge in [-0.2, -0.15) is 0 Å². The molecule has 0 spiro atoms. The molecule has 1 aliphatic heterocycles. The highest BCUT2D eigenvalue weighted by molar-refractivity contribution is 7.21. The third-order valence-electron chi connectivity index (χ3n) is 5.63. The third-order valence-corrected chi connectivity index (χ3v) is 6.70. The standard InChI is InChI=1S/C22H21N3O3S/c26-20(24-10-12-25(13-11-24)21(27)22(28)8-9-22)16-6-7-17-18(14-16)29-19(23-17)15-4-2-1-3-5-15/h1-7,14,28H,8-13H2. The van der Waals surface area contributed by atoms with Crippen molar-refractivity contribution >= 4 is 33.4 Å². The fourth-order valence-corrected chi connectivity index (χ4v) is 4.69. The Morgan fingerprint density at radius 2 is 1.66 bits per heavy atom. The summed E-state index contributed by atoms with van der Waals surface area (Å²) in [7, 11) is 0. The highest BCUT2D eigenvalue weighted by Crippen LogP contribution is 2.37. The minimum Gasteiger partial charge on any atom is -0.380 e. The summed E-state index contributed by atoms with van der Waals surface area (Å²) in [6.07, 6.45) is 1.09. The number of hydrogen-bond acceptors (Lipinski definition) is 5. The van der Waals surface area contributed by atoms with Crippen molar-refractivity contribution in [1.82, 2.24) is 14.8 Å². The number of hydrogen-bond donors (Lipinski definition) is 1. The molecule has 2 aliphatic rings. The summed E-state index contributed by atoms with van der Waals surface area (Å²) in [6, 6.07) is 15.6. The topological polar surface area (TPSA) is 73.7 Å². The van der Waals surface area contributed by atoms with Crippen LogP contribution in [-0.4, -0.2) is 63.5 Å². The predicted octanol–water partition coefficient (Wildman–Crippen LogP) is 2.77. The molecule has 1 N–H and O–H groups in total. The molecule has 2 aromatic carbocycles. The molecule has 2 fully saturated rings. The van der Waals surface area contributed by atoms with E-state index in [4.69, 9.17) is 0 Å². The monoisotopic (exact) mass is 407 g/mol. The Labute approximate surface area is 172 Å². The normalized spacial score (nSPS) is 18.1. The molecule has 1 aromatic heterocycles. The van der Waals surface area contributed by atoms with Crippen molar-refractivity contribution in [1.29, 1.82) is 0 Å². The maximum Gasteiger partial charge on any atom is 0.254 e. The van der Waals surface area contributed by atoms with Crippen LogP contribution in [0.1, 0.15) is 23.2 Å². The SMILES string of the molecule is O=C(c1ccc2nc(-c3ccccc3)sc2c1)N1CCN(C(=O)C2(O)CC2)CC1. The van der Waals surface area contributed by atoms with Crippen molar-refractivity contribution in [3.63, 3.8) is 0 Å². The number of carbonyl (C=O) groups excluding carboxylic acids is 2. The number of fused-ring (bicyclic) bond motifs is 1. The number of carbonyl (C=O) groups is 2. The fraction of sp³-hybridized carbons (Fsp3) is 0.318. The Hall–Kier alpha value is -2.77. The average molecular weight is 407 g/mol. The van der Waals surface area contributed by atoms with Crippen LogP contribution in [0, 0.1) is 0 Å². The van der Waals surface area contributed by atoms with E-state index >= 15 is 0 Å². The predicted molar refractivity (Wildman–Crippen MR) is 112 cm³/mol. The van der Waals surface area contributed by atoms with Crippen LogP contribution in [0.5, 0.6) is 0 Å². The summed E-state index contributed by atoms with van der Waals surface area (Å²) in [5, 5.41) is 11.0. The van der Waals surface area contributed by atoms with Gasteiger partial charge < -0.3 is 14.9 Å². The van der Waals surface area contributed by atoms with Crippen molar-refractivity contribution in [3.05, 3.63) is 54.1 Å². The zero-order valence-electron chi connectivity index (χ0n) is 15.9. The maximum atomic E-state index is 13.0. The van der Waals surface area contributed by atoms with Gasteiger partial charge in [0.15, 0.2) is 0 Å². The van der Waals surface area contributed by atoms with Gasteiger partial charge in [0.25, 0.3) is 11.8 Å². The summed E-state index contributed by atoms with van der Waals surface area (Å²) >= 11 is 1.58. The summed E-state index contributed by atoms with van der Waals surface area (Å²) in [4.78, 5) is 33.4. The van der Waals surface area contributed by atoms with Gasteiger partial charge in [0.1, 0.15) is 10.6 Å². The van der Waals surface area contributed by atoms with Crippen molar-refractivity contribution in [2.45, 2.75) is 18.4 Å². The molecule has 1 aliphatic carbocycles. The zero-order chi connectivity index (χ0) is 20.0. The molecule has 148 valence electrons. The van der Waals surface area contributed by atoms with Crippen LogP contribution >= 0.6 is 11.3 Å². The molecule has 0 radical (unpaired) electrons. The number of amides is 2. The van der Waals surface area contributed by atoms with Gasteiger partial charge >= 0.3 is 0 Å². The Balaban J connectivity index is 1.30. The largest absolute Gasteiger partial charge is 0.380 e. The lowest BCUT2D eigenvalue weighted by Crippen LogP contribution is -2.53. The molecule has 5 rings (SSSR count). The summed E-state index contributed by atoms with van der Waals surface area (Å²) in [5.74, 6) is -0.220. The Bertz CT molecular complexity index is 1080. The van der Waals surface area contributed by atoms with Gasteiger partial charge in [-0.25, -0.2) is 4.98 Å². The number of piperazine rings is 1. The van der Waals surface area contributed by atoms with Crippen LogP contribution in [-0.2, 0) is 4.79 Å². The van der Waals surface area contributed by atoms with Crippen molar-refractivity contribution in [2.75, 3.05) is 26.2 Å². The molecule has 0 atom stereocenters. The highest BCUT2D eigenvalue weighted by Gasteiger charge is 2.50. The summed E-state index contributed by atoms with van der Waals surface area (Å²) in [5.41, 5.74) is 1.46. The van der Waals surface area contributed by atoms with Crippen molar-refractivity contribution in [2.24, 2.45) is 0 Å². The van der Waals surface area contributed by atoms with E-state index in [0.29, 0.717) is 44.6 Å². The van der Waals surface area contributed by atoms with Gasteiger partial charge in [0.2, 0.25) is 0 Å². The van der Waals surface area contributed by atoms with E-state index in [9.17, 15) is 14.7 Å². The third kappa shape index (κ3) is 3.41. The molecule has 1 saturated carbocycles. The van der Waals surface area contributed by atoms with E-state index < -0.39 is 5.60 Å². The van der Waals surface area contributed by atoms with Gasteiger partial charge in [-0.1, -0.05) is 30.3 Å². The first-order valence-corrected chi connectivity index (χ1v) is 10.6. The first-order valence-electron chi connectivity index (χ1n) is 9.81. The molecule has 0 bridgehead atoms. The van der Waals surface area contributed by atoms with Gasteiger partial charge in [0.05, 0.1) is 10.2 Å². The fourth-order valence-electron chi connectivity index (χ4n) is 3.68. The molecule has 0 unspecified atom stereocenters. The quantitative estimate of drug-likeness (QED) is 0.725. The Morgan fingerprint density at radius 3 is 2.34 bits per heavy atom. The molecule has 6 nitrogen and oxygen atoms in total. The van der Waals surface area contributed by atoms with E-state index in [1.54, 1.807) is 21.1 Å². The molecular formula is C22H21N3O3S. The minimum absolute atomic E-state index is 0.0289. The van der Waals surface area contributed by atoms with Crippen LogP contribution in [0.4, 0.5) is 0 Å². The van der Waals surface area contributed by atoms with E-state index in [0.717, 1.165) is 20.8 Å². The first-order chi connectivity index (χ1) is 14.0. The Morgan fingerprint density at radius 1 is 0.966 bits per heavy atom. The van der Waals surface area contributed by atoms with E-state index in [1.807, 2.05) is 48.5 Å². The second-order valence-corrected chi connectivity index (χ2v) is 8.71. The van der Waals surface area contributed by atoms with Crippen LogP contribution in [0.2, 0.25) is 0 Å². The number of benzene rings is 2. The van der Waals surface area contributed by atoms with Crippen LogP contribution in [0.3, 0.4) is 0 Å². The van der Waals surface area contributed by atoms with Crippen LogP contribution in [0.15, 0.2) is 48.5 Å². The summed E-state index contributed by atoms with van der Waals surface area (Å²) in [6.45, 7) is 1.90. The molecule has 1 saturated heterocycles. The second-order valence-electron chi connectivity index (χ2n) is 7.68. The number of aliphatic hydroxyl groups is 1. The second kappa shape index (κ2) is 6.93. The Kier molecular flexibility index (Phi) is 4.37. The van der Waals surface area contributed by atoms with E-state index in [1.165, 1.54) is 0 Å². The lowest BCUT2D eigenvalue weighted by Gasteiger charge is -2.35. The number of nitrogens with zero attached hydrogens (tertiary/aromatic N) is 3. The van der Waals surface area contributed by atoms with E-state index in [-0.39, 0.29) is 11.8 Å². The minimum atomic E-state index is -1.14. The maximum absolute atomic E-state index is 13.0. The smallest absolute Gasteiger partial charge is 0.254 e. The highest BCUT2D eigenvalue weighted by atomic mass is 32.1. The van der Waals surface area contributed by atoms with E-state index in [2.05, 4.69) is 4.98 Å². The van der Waals surface area contributed by atoms with Crippen molar-refractivity contribution in [3.8, 4) is 10.6 Å². The zero-order valence-corrected chi connectivity index (χ0v) is 16.7. The average Bonchev–Trinajstić information content (AvgIpc) is 3.37. The van der Waals surface area contributed by atoms with Crippen LogP contribution < -0.4 is 0 Å². The van der Waals surface area contributed by atoms with Gasteiger partial charge in [-0.15, -0.1) is 11.3 Å². The molecule has 2 amide bonds. The lowest BCUT2D eigenvalue weighted by atomic mass is 10.1. The molecule has 29 heavy (non-hydrogen) atoms. The van der Waals surface area contributed by atoms with Gasteiger partial charge in [-0.05, 0) is 31.0 Å². The number of thiazole rings is 1. The lowest BCUT2D eigenvalue weighted by molar-refractivity contribution is -0.143. The van der Waals surface area contributed by atoms with Gasteiger partial charge in [0, 0.05) is 37.3 Å². The number of aromatic nitrogens is 1. The molecule has 7 heteroatoms. The van der Waals surface area contributed by atoms with Crippen molar-refractivity contribution < 1.29 is 14.7 Å². The molecule has 2 heterocycles. The first kappa shape index (κ1) is 18.3.